The summed E-state index contributed by atoms with van der Waals surface area (Å²) in [6.07, 6.45) is 1.44. The third-order valence-electron chi connectivity index (χ3n) is 4.93. The molecule has 2 N–H and O–H groups in total. The smallest absolute Gasteiger partial charge is 0.266 e. The number of hydrogen-bond donors (Lipinski definition) is 2. The summed E-state index contributed by atoms with van der Waals surface area (Å²) in [7, 11) is 0. The summed E-state index contributed by atoms with van der Waals surface area (Å²) >= 11 is 9.52. The molecule has 0 aromatic heterocycles. The first-order valence-electron chi connectivity index (χ1n) is 11.6. The molecule has 0 spiro atoms. The topological polar surface area (TPSA) is 110 Å². The van der Waals surface area contributed by atoms with Crippen molar-refractivity contribution in [3.63, 3.8) is 0 Å². The number of hydrogen-bond acceptors (Lipinski definition) is 6. The molecule has 0 radical (unpaired) electrons. The Morgan fingerprint density at radius 1 is 1.00 bits per heavy atom. The Labute approximate surface area is 234 Å². The second-order valence-electron chi connectivity index (χ2n) is 7.66. The third-order valence-corrected chi connectivity index (χ3v) is 5.85. The molecule has 0 fully saturated rings. The minimum atomic E-state index is -0.567. The van der Waals surface area contributed by atoms with E-state index in [-0.39, 0.29) is 12.2 Å². The van der Waals surface area contributed by atoms with E-state index in [1.165, 1.54) is 6.08 Å². The fourth-order valence-electron chi connectivity index (χ4n) is 3.28. The first-order valence-corrected chi connectivity index (χ1v) is 12.8. The number of ether oxygens (including phenoxy) is 3. The molecule has 196 valence electrons. The van der Waals surface area contributed by atoms with Gasteiger partial charge in [0.25, 0.3) is 11.8 Å². The van der Waals surface area contributed by atoms with Crippen LogP contribution in [0.3, 0.4) is 0 Å². The number of amides is 2. The van der Waals surface area contributed by atoms with Crippen LogP contribution in [0.2, 0.25) is 5.02 Å². The summed E-state index contributed by atoms with van der Waals surface area (Å²) in [4.78, 5) is 25.1. The highest BCUT2D eigenvalue weighted by atomic mass is 79.9. The van der Waals surface area contributed by atoms with E-state index in [0.29, 0.717) is 56.9 Å². The molecule has 0 saturated heterocycles. The molecule has 2 amide bonds. The molecule has 3 aromatic carbocycles. The van der Waals surface area contributed by atoms with Crippen LogP contribution >= 0.6 is 27.5 Å². The van der Waals surface area contributed by atoms with Crippen LogP contribution < -0.4 is 24.8 Å². The van der Waals surface area contributed by atoms with Gasteiger partial charge in [-0.1, -0.05) is 23.7 Å². The Morgan fingerprint density at radius 2 is 1.71 bits per heavy atom. The predicted molar refractivity (Wildman–Crippen MR) is 151 cm³/mol. The lowest BCUT2D eigenvalue weighted by Crippen LogP contribution is -2.20. The molecular weight excluding hydrogens is 574 g/mol. The Kier molecular flexibility index (Phi) is 10.6. The van der Waals surface area contributed by atoms with Gasteiger partial charge in [0.2, 0.25) is 0 Å². The molecule has 10 heteroatoms. The Morgan fingerprint density at radius 3 is 2.37 bits per heavy atom. The Balaban J connectivity index is 1.75. The number of carbonyl (C=O) groups excluding carboxylic acids is 2. The van der Waals surface area contributed by atoms with E-state index in [9.17, 15) is 14.9 Å². The molecule has 0 heterocycles. The first-order chi connectivity index (χ1) is 18.3. The van der Waals surface area contributed by atoms with Gasteiger partial charge in [0.1, 0.15) is 17.4 Å². The Hall–Kier alpha value is -4.00. The van der Waals surface area contributed by atoms with Crippen LogP contribution in [0.1, 0.15) is 19.4 Å². The van der Waals surface area contributed by atoms with Crippen molar-refractivity contribution in [1.29, 1.82) is 5.26 Å². The maximum absolute atomic E-state index is 12.7. The van der Waals surface area contributed by atoms with Gasteiger partial charge in [-0.2, -0.15) is 5.26 Å². The molecule has 0 aliphatic heterocycles. The molecule has 38 heavy (non-hydrogen) atoms. The highest BCUT2D eigenvalue weighted by Crippen LogP contribution is 2.37. The lowest BCUT2D eigenvalue weighted by molar-refractivity contribution is -0.118. The van der Waals surface area contributed by atoms with Crippen molar-refractivity contribution in [3.05, 3.63) is 81.3 Å². The monoisotopic (exact) mass is 597 g/mol. The number of para-hydroxylation sites is 1. The number of nitrogens with zero attached hydrogens (tertiary/aromatic N) is 1. The molecular formula is C28H25BrClN3O5. The predicted octanol–water partition coefficient (Wildman–Crippen LogP) is 6.46. The molecule has 0 bridgehead atoms. The van der Waals surface area contributed by atoms with Crippen LogP contribution in [0.15, 0.2) is 70.7 Å². The average Bonchev–Trinajstić information content (AvgIpc) is 2.89. The number of carbonyl (C=O) groups is 2. The van der Waals surface area contributed by atoms with Crippen LogP contribution in [-0.4, -0.2) is 31.6 Å². The van der Waals surface area contributed by atoms with Crippen molar-refractivity contribution in [3.8, 4) is 23.3 Å². The summed E-state index contributed by atoms with van der Waals surface area (Å²) in [6, 6.07) is 18.9. The van der Waals surface area contributed by atoms with E-state index in [4.69, 9.17) is 25.8 Å². The first kappa shape index (κ1) is 28.6. The normalized spacial score (nSPS) is 10.8. The number of benzene rings is 3. The average molecular weight is 599 g/mol. The largest absolute Gasteiger partial charge is 0.494 e. The zero-order valence-electron chi connectivity index (χ0n) is 20.7. The van der Waals surface area contributed by atoms with Crippen molar-refractivity contribution in [1.82, 2.24) is 0 Å². The van der Waals surface area contributed by atoms with Gasteiger partial charge in [-0.25, -0.2) is 0 Å². The number of anilines is 2. The van der Waals surface area contributed by atoms with E-state index in [1.807, 2.05) is 13.0 Å². The van der Waals surface area contributed by atoms with Crippen molar-refractivity contribution in [2.45, 2.75) is 13.8 Å². The zero-order valence-corrected chi connectivity index (χ0v) is 23.1. The molecule has 8 nitrogen and oxygen atoms in total. The quantitative estimate of drug-likeness (QED) is 0.194. The van der Waals surface area contributed by atoms with Gasteiger partial charge in [0.05, 0.1) is 28.4 Å². The van der Waals surface area contributed by atoms with Crippen molar-refractivity contribution >= 4 is 56.8 Å². The highest BCUT2D eigenvalue weighted by molar-refractivity contribution is 9.10. The van der Waals surface area contributed by atoms with Crippen LogP contribution in [0.5, 0.6) is 17.2 Å². The fourth-order valence-corrected chi connectivity index (χ4v) is 4.03. The van der Waals surface area contributed by atoms with Crippen molar-refractivity contribution in [2.24, 2.45) is 0 Å². The summed E-state index contributed by atoms with van der Waals surface area (Å²) in [6.45, 7) is 4.24. The molecule has 0 saturated carbocycles. The van der Waals surface area contributed by atoms with Gasteiger partial charge in [0.15, 0.2) is 18.1 Å². The van der Waals surface area contributed by atoms with Gasteiger partial charge >= 0.3 is 0 Å². The van der Waals surface area contributed by atoms with E-state index in [1.54, 1.807) is 67.6 Å². The second-order valence-corrected chi connectivity index (χ2v) is 8.92. The van der Waals surface area contributed by atoms with E-state index in [2.05, 4.69) is 26.6 Å². The maximum Gasteiger partial charge on any atom is 0.266 e. The lowest BCUT2D eigenvalue weighted by atomic mass is 10.1. The standard InChI is InChI=1S/C28H25BrClN3O5/c1-3-36-21-11-9-20(10-12-21)32-28(35)19(16-31)13-18-14-22(29)27(25(15-18)37-4-2)38-17-26(34)33-24-8-6-5-7-23(24)30/h5-15H,3-4,17H2,1-2H3,(H,32,35)(H,33,34)/b19-13+. The van der Waals surface area contributed by atoms with Gasteiger partial charge in [0, 0.05) is 5.69 Å². The molecule has 0 unspecified atom stereocenters. The SMILES string of the molecule is CCOc1ccc(NC(=O)/C(C#N)=C/c2cc(Br)c(OCC(=O)Nc3ccccc3Cl)c(OCC)c2)cc1. The number of nitrogens with one attached hydrogen (secondary N) is 2. The lowest BCUT2D eigenvalue weighted by Gasteiger charge is -2.15. The van der Waals surface area contributed by atoms with E-state index < -0.39 is 11.8 Å². The minimum absolute atomic E-state index is 0.110. The molecule has 3 aromatic rings. The molecule has 0 aliphatic rings. The fraction of sp³-hybridized carbons (Fsp3) is 0.179. The summed E-state index contributed by atoms with van der Waals surface area (Å²) in [5.74, 6) is 0.341. The van der Waals surface area contributed by atoms with E-state index in [0.717, 1.165) is 0 Å². The Bertz CT molecular complexity index is 1370. The van der Waals surface area contributed by atoms with Crippen molar-refractivity contribution < 1.29 is 23.8 Å². The van der Waals surface area contributed by atoms with Crippen LogP contribution in [-0.2, 0) is 9.59 Å². The summed E-state index contributed by atoms with van der Waals surface area (Å²) in [5, 5.41) is 15.4. The van der Waals surface area contributed by atoms with Crippen LogP contribution in [0.25, 0.3) is 6.08 Å². The van der Waals surface area contributed by atoms with Crippen LogP contribution in [0.4, 0.5) is 11.4 Å². The summed E-state index contributed by atoms with van der Waals surface area (Å²) in [5.41, 5.74) is 1.40. The maximum atomic E-state index is 12.7. The van der Waals surface area contributed by atoms with Gasteiger partial charge in [-0.05, 0) is 89.9 Å². The number of nitriles is 1. The zero-order chi connectivity index (χ0) is 27.5. The van der Waals surface area contributed by atoms with Gasteiger partial charge in [-0.3, -0.25) is 9.59 Å². The third kappa shape index (κ3) is 8.00. The molecule has 0 atom stereocenters. The number of rotatable bonds is 11. The number of halogens is 2. The van der Waals surface area contributed by atoms with Gasteiger partial charge < -0.3 is 24.8 Å². The second kappa shape index (κ2) is 14.1. The van der Waals surface area contributed by atoms with Crippen molar-refractivity contribution in [2.75, 3.05) is 30.5 Å². The van der Waals surface area contributed by atoms with E-state index >= 15 is 0 Å². The molecule has 3 rings (SSSR count). The van der Waals surface area contributed by atoms with Crippen LogP contribution in [0, 0.1) is 11.3 Å². The minimum Gasteiger partial charge on any atom is -0.494 e. The highest BCUT2D eigenvalue weighted by Gasteiger charge is 2.16. The van der Waals surface area contributed by atoms with Gasteiger partial charge in [-0.15, -0.1) is 0 Å². The summed E-state index contributed by atoms with van der Waals surface area (Å²) < 4.78 is 17.3. The molecule has 0 aliphatic carbocycles.